The van der Waals surface area contributed by atoms with Gasteiger partial charge in [-0.1, -0.05) is 30.3 Å². The van der Waals surface area contributed by atoms with Crippen molar-refractivity contribution in [1.29, 1.82) is 0 Å². The summed E-state index contributed by atoms with van der Waals surface area (Å²) in [7, 11) is 4.04. The van der Waals surface area contributed by atoms with Gasteiger partial charge in [0.05, 0.1) is 12.7 Å². The fraction of sp³-hybridized carbons (Fsp3) is 0.514. The van der Waals surface area contributed by atoms with Crippen LogP contribution in [-0.4, -0.2) is 113 Å². The Kier molecular flexibility index (Phi) is 10.4. The molecular weight excluding hydrogens is 620 g/mol. The van der Waals surface area contributed by atoms with Crippen molar-refractivity contribution in [3.8, 4) is 16.9 Å². The topological polar surface area (TPSA) is 126 Å². The quantitative estimate of drug-likeness (QED) is 0.267. The van der Waals surface area contributed by atoms with Gasteiger partial charge in [0.1, 0.15) is 5.75 Å². The largest absolute Gasteiger partial charge is 0.478 e. The normalized spacial score (nSPS) is 19.5. The van der Waals surface area contributed by atoms with Crippen LogP contribution in [0, 0.1) is 0 Å². The smallest absolute Gasteiger partial charge is 0.318 e. The average Bonchev–Trinajstić information content (AvgIpc) is 3.53. The van der Waals surface area contributed by atoms with Crippen molar-refractivity contribution in [2.75, 3.05) is 51.7 Å². The summed E-state index contributed by atoms with van der Waals surface area (Å²) < 4.78 is 6.19. The Hall–Kier alpha value is -4.58. The summed E-state index contributed by atoms with van der Waals surface area (Å²) in [5.74, 6) is 0.147. The first-order valence-corrected chi connectivity index (χ1v) is 17.5. The molecule has 2 aliphatic heterocycles. The van der Waals surface area contributed by atoms with Crippen molar-refractivity contribution in [2.45, 2.75) is 76.2 Å². The Morgan fingerprint density at radius 2 is 1.78 bits per heavy atom. The van der Waals surface area contributed by atoms with Gasteiger partial charge in [-0.15, -0.1) is 0 Å². The van der Waals surface area contributed by atoms with Gasteiger partial charge in [-0.3, -0.25) is 14.7 Å². The van der Waals surface area contributed by atoms with Gasteiger partial charge in [0.15, 0.2) is 5.60 Å². The second-order valence-corrected chi connectivity index (χ2v) is 14.3. The van der Waals surface area contributed by atoms with Gasteiger partial charge < -0.3 is 35.0 Å². The number of hydrogen-bond acceptors (Lipinski definition) is 7. The van der Waals surface area contributed by atoms with E-state index in [1.165, 1.54) is 0 Å². The van der Waals surface area contributed by atoms with Gasteiger partial charge >= 0.3 is 6.03 Å². The number of piperidine rings is 1. The first-order valence-electron chi connectivity index (χ1n) is 17.5. The number of likely N-dealkylation sites (tertiary alicyclic amines) is 1. The predicted octanol–water partition coefficient (Wildman–Crippen LogP) is 3.86. The zero-order chi connectivity index (χ0) is 34.5. The molecule has 1 aliphatic carbocycles. The highest BCUT2D eigenvalue weighted by Crippen LogP contribution is 2.30. The van der Waals surface area contributed by atoms with Crippen molar-refractivity contribution in [3.63, 3.8) is 0 Å². The van der Waals surface area contributed by atoms with Crippen LogP contribution in [0.15, 0.2) is 60.9 Å². The van der Waals surface area contributed by atoms with Gasteiger partial charge in [-0.05, 0) is 83.3 Å². The molecule has 3 aromatic rings. The van der Waals surface area contributed by atoms with Gasteiger partial charge in [0, 0.05) is 74.4 Å². The van der Waals surface area contributed by atoms with Crippen molar-refractivity contribution in [3.05, 3.63) is 66.5 Å². The second kappa shape index (κ2) is 14.9. The number of ether oxygens (including phenoxy) is 1. The van der Waals surface area contributed by atoms with Crippen LogP contribution >= 0.6 is 0 Å². The number of anilines is 1. The van der Waals surface area contributed by atoms with Crippen LogP contribution in [0.25, 0.3) is 11.1 Å². The maximum atomic E-state index is 13.6. The number of rotatable bonds is 12. The van der Waals surface area contributed by atoms with Crippen molar-refractivity contribution in [2.24, 2.45) is 0 Å². The monoisotopic (exact) mass is 670 g/mol. The Morgan fingerprint density at radius 1 is 0.980 bits per heavy atom. The molecule has 6 rings (SSSR count). The van der Waals surface area contributed by atoms with E-state index in [2.05, 4.69) is 54.9 Å². The predicted molar refractivity (Wildman–Crippen MR) is 189 cm³/mol. The van der Waals surface area contributed by atoms with Gasteiger partial charge in [-0.2, -0.15) is 5.10 Å². The number of benzene rings is 2. The van der Waals surface area contributed by atoms with Crippen molar-refractivity contribution >= 4 is 23.5 Å². The van der Waals surface area contributed by atoms with E-state index in [0.29, 0.717) is 38.0 Å². The molecular formula is C37H50N8O4. The van der Waals surface area contributed by atoms with Crippen LogP contribution in [0.3, 0.4) is 0 Å². The molecule has 0 unspecified atom stereocenters. The third kappa shape index (κ3) is 8.72. The summed E-state index contributed by atoms with van der Waals surface area (Å²) in [5.41, 5.74) is 3.02. The molecule has 3 aliphatic rings. The van der Waals surface area contributed by atoms with Crippen LogP contribution < -0.4 is 20.3 Å². The lowest BCUT2D eigenvalue weighted by atomic mass is 10.0. The van der Waals surface area contributed by atoms with E-state index < -0.39 is 5.60 Å². The lowest BCUT2D eigenvalue weighted by Gasteiger charge is -2.36. The molecule has 12 heteroatoms. The van der Waals surface area contributed by atoms with E-state index in [0.717, 1.165) is 61.0 Å². The lowest BCUT2D eigenvalue weighted by molar-refractivity contribution is -0.138. The molecule has 2 saturated heterocycles. The summed E-state index contributed by atoms with van der Waals surface area (Å²) in [6.07, 6.45) is 8.53. The number of nitrogens with one attached hydrogen (secondary N) is 3. The van der Waals surface area contributed by atoms with Crippen LogP contribution in [0.2, 0.25) is 0 Å². The molecule has 12 nitrogen and oxygen atoms in total. The summed E-state index contributed by atoms with van der Waals surface area (Å²) in [4.78, 5) is 47.6. The van der Waals surface area contributed by atoms with E-state index in [-0.39, 0.29) is 36.5 Å². The fourth-order valence-electron chi connectivity index (χ4n) is 6.70. The number of aromatic nitrogens is 2. The number of aromatic amines is 1. The van der Waals surface area contributed by atoms with Gasteiger partial charge in [0.2, 0.25) is 5.91 Å². The number of likely N-dealkylation sites (N-methyl/N-ethyl adjacent to an activating group) is 1. The molecule has 262 valence electrons. The highest BCUT2D eigenvalue weighted by Gasteiger charge is 2.35. The number of carbonyl (C=O) groups excluding carboxylic acids is 3. The summed E-state index contributed by atoms with van der Waals surface area (Å²) in [6, 6.07) is 16.7. The number of amides is 4. The Morgan fingerprint density at radius 3 is 2.47 bits per heavy atom. The molecule has 49 heavy (non-hydrogen) atoms. The van der Waals surface area contributed by atoms with Crippen molar-refractivity contribution in [1.82, 2.24) is 35.5 Å². The highest BCUT2D eigenvalue weighted by molar-refractivity contribution is 5.89. The maximum absolute atomic E-state index is 13.6. The number of hydrogen-bond donors (Lipinski definition) is 3. The minimum Gasteiger partial charge on any atom is -0.478 e. The average molecular weight is 671 g/mol. The molecule has 0 bridgehead atoms. The lowest BCUT2D eigenvalue weighted by Crippen LogP contribution is -2.52. The molecule has 3 fully saturated rings. The molecule has 3 N–H and O–H groups in total. The first kappa shape index (κ1) is 34.3. The van der Waals surface area contributed by atoms with Crippen LogP contribution in [0.4, 0.5) is 10.5 Å². The molecule has 2 aromatic carbocycles. The molecule has 4 amide bonds. The molecule has 1 aromatic heterocycles. The van der Waals surface area contributed by atoms with E-state index in [1.54, 1.807) is 20.0 Å². The number of nitrogens with zero attached hydrogens (tertiary/aromatic N) is 5. The molecule has 1 saturated carbocycles. The standard InChI is InChI=1S/C37H50N8O4/c1-37(2,35(47)38-22-34(46)44-18-16-32(25-44)42(3)4)49-33-9-5-8-31(19-33)43-17-6-7-29(24-43)41-36(48)45(30-14-15-30)23-26-10-12-27(13-11-26)28-20-39-40-21-28/h5,8-13,19-21,29-30,32H,6-7,14-18,22-25H2,1-4H3,(H,38,47)(H,39,40)(H,41,48)/t29-,32-/m0/s1. The van der Waals surface area contributed by atoms with Crippen LogP contribution in [0.5, 0.6) is 5.75 Å². The second-order valence-electron chi connectivity index (χ2n) is 14.3. The third-order valence-corrected chi connectivity index (χ3v) is 9.89. The van der Waals surface area contributed by atoms with E-state index >= 15 is 0 Å². The number of carbonyl (C=O) groups is 3. The molecule has 0 spiro atoms. The Bertz CT molecular complexity index is 1590. The number of H-pyrrole nitrogens is 1. The Labute approximate surface area is 289 Å². The number of urea groups is 1. The SMILES string of the molecule is CN(C)[C@H]1CCN(C(=O)CNC(=O)C(C)(C)Oc2cccc(N3CCC[C@H](NC(=O)N(Cc4ccc(-c5cn[nH]c5)cc4)C4CC4)C3)c2)C1. The maximum Gasteiger partial charge on any atom is 0.318 e. The minimum atomic E-state index is -1.18. The first-order chi connectivity index (χ1) is 23.6. The van der Waals surface area contributed by atoms with Gasteiger partial charge in [-0.25, -0.2) is 4.79 Å². The molecule has 0 radical (unpaired) electrons. The van der Waals surface area contributed by atoms with Crippen LogP contribution in [0.1, 0.15) is 51.5 Å². The highest BCUT2D eigenvalue weighted by atomic mass is 16.5. The van der Waals surface area contributed by atoms with E-state index in [9.17, 15) is 14.4 Å². The van der Waals surface area contributed by atoms with E-state index in [1.807, 2.05) is 54.4 Å². The third-order valence-electron chi connectivity index (χ3n) is 9.89. The molecule has 3 heterocycles. The summed E-state index contributed by atoms with van der Waals surface area (Å²) in [6.45, 7) is 6.87. The van der Waals surface area contributed by atoms with E-state index in [4.69, 9.17) is 4.74 Å². The fourth-order valence-corrected chi connectivity index (χ4v) is 6.70. The van der Waals surface area contributed by atoms with Crippen LogP contribution in [-0.2, 0) is 16.1 Å². The van der Waals surface area contributed by atoms with Gasteiger partial charge in [0.25, 0.3) is 5.91 Å². The minimum absolute atomic E-state index is 0.0129. The molecule has 2 atom stereocenters. The summed E-state index contributed by atoms with van der Waals surface area (Å²) >= 11 is 0. The zero-order valence-electron chi connectivity index (χ0n) is 29.2. The summed E-state index contributed by atoms with van der Waals surface area (Å²) in [5, 5.41) is 13.0. The zero-order valence-corrected chi connectivity index (χ0v) is 29.2. The van der Waals surface area contributed by atoms with Crippen molar-refractivity contribution < 1.29 is 19.1 Å². The Balaban J connectivity index is 1.01.